The largest absolute Gasteiger partial charge is 0.482 e. The second-order valence-corrected chi connectivity index (χ2v) is 4.65. The molecule has 0 aliphatic carbocycles. The second-order valence-electron chi connectivity index (χ2n) is 4.65. The van der Waals surface area contributed by atoms with Crippen LogP contribution in [0.1, 0.15) is 6.42 Å². The quantitative estimate of drug-likeness (QED) is 0.885. The predicted octanol–water partition coefficient (Wildman–Crippen LogP) is 1.24. The number of aromatic nitrogens is 2. The van der Waals surface area contributed by atoms with E-state index in [1.807, 2.05) is 10.8 Å². The lowest BCUT2D eigenvalue weighted by Gasteiger charge is -2.18. The van der Waals surface area contributed by atoms with E-state index in [1.165, 1.54) is 0 Å². The number of anilines is 2. The monoisotopic (exact) mass is 286 g/mol. The zero-order valence-electron chi connectivity index (χ0n) is 11.2. The van der Waals surface area contributed by atoms with Crippen molar-refractivity contribution in [2.45, 2.75) is 13.0 Å². The molecule has 7 heteroatoms. The summed E-state index contributed by atoms with van der Waals surface area (Å²) in [5.74, 6) is 0.283. The SMILES string of the molecule is O=C(CCn1ccnc1)Nc1ccc2c(c1)OCC(=O)N2. The fraction of sp³-hybridized carbons (Fsp3) is 0.214. The predicted molar refractivity (Wildman–Crippen MR) is 76.0 cm³/mol. The molecule has 1 aromatic heterocycles. The fourth-order valence-electron chi connectivity index (χ4n) is 2.03. The fourth-order valence-corrected chi connectivity index (χ4v) is 2.03. The van der Waals surface area contributed by atoms with Gasteiger partial charge in [-0.25, -0.2) is 4.98 Å². The Labute approximate surface area is 120 Å². The van der Waals surface area contributed by atoms with Crippen molar-refractivity contribution in [3.05, 3.63) is 36.9 Å². The van der Waals surface area contributed by atoms with Gasteiger partial charge in [0.2, 0.25) is 5.91 Å². The van der Waals surface area contributed by atoms with Crippen LogP contribution in [0.15, 0.2) is 36.9 Å². The van der Waals surface area contributed by atoms with Crippen molar-refractivity contribution in [2.24, 2.45) is 0 Å². The van der Waals surface area contributed by atoms with E-state index in [1.54, 1.807) is 30.7 Å². The van der Waals surface area contributed by atoms with Crippen LogP contribution in [-0.4, -0.2) is 28.0 Å². The molecule has 2 amide bonds. The third-order valence-corrected chi connectivity index (χ3v) is 3.05. The number of nitrogens with zero attached hydrogens (tertiary/aromatic N) is 2. The molecular formula is C14H14N4O3. The molecule has 0 saturated heterocycles. The number of fused-ring (bicyclic) bond motifs is 1. The summed E-state index contributed by atoms with van der Waals surface area (Å²) in [7, 11) is 0. The summed E-state index contributed by atoms with van der Waals surface area (Å²) in [6, 6.07) is 5.13. The number of amides is 2. The summed E-state index contributed by atoms with van der Waals surface area (Å²) in [5, 5.41) is 5.50. The lowest BCUT2D eigenvalue weighted by molar-refractivity contribution is -0.118. The molecule has 0 spiro atoms. The molecule has 2 heterocycles. The number of ether oxygens (including phenoxy) is 1. The summed E-state index contributed by atoms with van der Waals surface area (Å²) in [5.41, 5.74) is 1.25. The van der Waals surface area contributed by atoms with Crippen LogP contribution in [0.4, 0.5) is 11.4 Å². The van der Waals surface area contributed by atoms with Gasteiger partial charge in [0.05, 0.1) is 12.0 Å². The zero-order valence-corrected chi connectivity index (χ0v) is 11.2. The molecule has 0 saturated carbocycles. The topological polar surface area (TPSA) is 85.2 Å². The Morgan fingerprint density at radius 3 is 3.19 bits per heavy atom. The third kappa shape index (κ3) is 3.19. The summed E-state index contributed by atoms with van der Waals surface area (Å²) >= 11 is 0. The number of carbonyl (C=O) groups is 2. The van der Waals surface area contributed by atoms with Crippen molar-refractivity contribution in [1.82, 2.24) is 9.55 Å². The van der Waals surface area contributed by atoms with Crippen LogP contribution in [-0.2, 0) is 16.1 Å². The molecule has 7 nitrogen and oxygen atoms in total. The Hall–Kier alpha value is -2.83. The van der Waals surface area contributed by atoms with Gasteiger partial charge in [-0.15, -0.1) is 0 Å². The van der Waals surface area contributed by atoms with Crippen LogP contribution < -0.4 is 15.4 Å². The van der Waals surface area contributed by atoms with Gasteiger partial charge in [-0.3, -0.25) is 9.59 Å². The van der Waals surface area contributed by atoms with Crippen molar-refractivity contribution in [3.63, 3.8) is 0 Å². The highest BCUT2D eigenvalue weighted by Crippen LogP contribution is 2.30. The molecule has 1 aliphatic rings. The van der Waals surface area contributed by atoms with E-state index in [-0.39, 0.29) is 18.4 Å². The summed E-state index contributed by atoms with van der Waals surface area (Å²) in [6.07, 6.45) is 5.50. The van der Waals surface area contributed by atoms with Gasteiger partial charge in [0.25, 0.3) is 5.91 Å². The lowest BCUT2D eigenvalue weighted by Crippen LogP contribution is -2.25. The molecule has 108 valence electrons. The standard InChI is InChI=1S/C14H14N4O3/c19-13(3-5-18-6-4-15-9-18)16-10-1-2-11-12(7-10)21-8-14(20)17-11/h1-2,4,6-7,9H,3,5,8H2,(H,16,19)(H,17,20). The van der Waals surface area contributed by atoms with Crippen LogP contribution in [0.5, 0.6) is 5.75 Å². The van der Waals surface area contributed by atoms with E-state index in [0.717, 1.165) is 0 Å². The maximum absolute atomic E-state index is 11.9. The Balaban J connectivity index is 1.60. The highest BCUT2D eigenvalue weighted by atomic mass is 16.5. The molecule has 3 rings (SSSR count). The average molecular weight is 286 g/mol. The molecule has 1 aromatic carbocycles. The summed E-state index contributed by atoms with van der Waals surface area (Å²) in [6.45, 7) is 0.564. The third-order valence-electron chi connectivity index (χ3n) is 3.05. The highest BCUT2D eigenvalue weighted by molar-refractivity contribution is 5.97. The first-order valence-corrected chi connectivity index (χ1v) is 6.53. The second kappa shape index (κ2) is 5.66. The van der Waals surface area contributed by atoms with E-state index in [9.17, 15) is 9.59 Å². The van der Waals surface area contributed by atoms with Crippen LogP contribution >= 0.6 is 0 Å². The maximum atomic E-state index is 11.9. The van der Waals surface area contributed by atoms with Crippen LogP contribution in [0.2, 0.25) is 0 Å². The van der Waals surface area contributed by atoms with Gasteiger partial charge in [0.15, 0.2) is 6.61 Å². The van der Waals surface area contributed by atoms with Gasteiger partial charge in [-0.05, 0) is 12.1 Å². The first kappa shape index (κ1) is 13.2. The minimum absolute atomic E-state index is 0.00890. The van der Waals surface area contributed by atoms with Gasteiger partial charge in [-0.2, -0.15) is 0 Å². The number of aryl methyl sites for hydroxylation is 1. The number of hydrogen-bond acceptors (Lipinski definition) is 4. The highest BCUT2D eigenvalue weighted by Gasteiger charge is 2.16. The molecular weight excluding hydrogens is 272 g/mol. The molecule has 2 aromatic rings. The molecule has 1 aliphatic heterocycles. The minimum Gasteiger partial charge on any atom is -0.482 e. The molecule has 0 atom stereocenters. The Morgan fingerprint density at radius 2 is 2.38 bits per heavy atom. The van der Waals surface area contributed by atoms with Crippen molar-refractivity contribution in [2.75, 3.05) is 17.2 Å². The Bertz CT molecular complexity index is 667. The first-order chi connectivity index (χ1) is 10.2. The maximum Gasteiger partial charge on any atom is 0.262 e. The molecule has 0 unspecified atom stereocenters. The first-order valence-electron chi connectivity index (χ1n) is 6.53. The summed E-state index contributed by atoms with van der Waals surface area (Å²) in [4.78, 5) is 27.0. The van der Waals surface area contributed by atoms with Gasteiger partial charge in [0, 0.05) is 37.1 Å². The number of nitrogens with one attached hydrogen (secondary N) is 2. The lowest BCUT2D eigenvalue weighted by atomic mass is 10.2. The van der Waals surface area contributed by atoms with Gasteiger partial charge < -0.3 is 19.9 Å². The van der Waals surface area contributed by atoms with Crippen molar-refractivity contribution >= 4 is 23.2 Å². The normalized spacial score (nSPS) is 13.0. The molecule has 21 heavy (non-hydrogen) atoms. The average Bonchev–Trinajstić information content (AvgIpc) is 2.99. The molecule has 0 fully saturated rings. The van der Waals surface area contributed by atoms with E-state index in [2.05, 4.69) is 15.6 Å². The van der Waals surface area contributed by atoms with Crippen LogP contribution in [0.3, 0.4) is 0 Å². The van der Waals surface area contributed by atoms with E-state index in [4.69, 9.17) is 4.74 Å². The summed E-state index contributed by atoms with van der Waals surface area (Å²) < 4.78 is 7.14. The number of benzene rings is 1. The van der Waals surface area contributed by atoms with E-state index < -0.39 is 0 Å². The molecule has 0 radical (unpaired) electrons. The van der Waals surface area contributed by atoms with Crippen LogP contribution in [0, 0.1) is 0 Å². The van der Waals surface area contributed by atoms with Crippen molar-refractivity contribution in [3.8, 4) is 5.75 Å². The molecule has 2 N–H and O–H groups in total. The smallest absolute Gasteiger partial charge is 0.262 e. The number of carbonyl (C=O) groups excluding carboxylic acids is 2. The number of imidazole rings is 1. The van der Waals surface area contributed by atoms with Crippen LogP contribution in [0.25, 0.3) is 0 Å². The minimum atomic E-state index is -0.181. The van der Waals surface area contributed by atoms with E-state index >= 15 is 0 Å². The Kier molecular flexibility index (Phi) is 3.55. The van der Waals surface area contributed by atoms with E-state index in [0.29, 0.717) is 30.1 Å². The number of rotatable bonds is 4. The Morgan fingerprint density at radius 1 is 1.48 bits per heavy atom. The molecule has 0 bridgehead atoms. The van der Waals surface area contributed by atoms with Gasteiger partial charge in [-0.1, -0.05) is 0 Å². The van der Waals surface area contributed by atoms with Crippen molar-refractivity contribution < 1.29 is 14.3 Å². The van der Waals surface area contributed by atoms with Gasteiger partial charge in [0.1, 0.15) is 5.75 Å². The number of hydrogen-bond donors (Lipinski definition) is 2. The van der Waals surface area contributed by atoms with Gasteiger partial charge >= 0.3 is 0 Å². The zero-order chi connectivity index (χ0) is 14.7. The van der Waals surface area contributed by atoms with Crippen molar-refractivity contribution in [1.29, 1.82) is 0 Å².